The van der Waals surface area contributed by atoms with Gasteiger partial charge in [0, 0.05) is 14.2 Å². The van der Waals surface area contributed by atoms with E-state index in [1.54, 1.807) is 0 Å². The minimum atomic E-state index is -1.30. The molecule has 0 aromatic carbocycles. The summed E-state index contributed by atoms with van der Waals surface area (Å²) in [6.07, 6.45) is -2.95. The molecule has 0 aromatic rings. The van der Waals surface area contributed by atoms with E-state index >= 15 is 0 Å². The van der Waals surface area contributed by atoms with Crippen molar-refractivity contribution in [1.29, 1.82) is 0 Å². The highest BCUT2D eigenvalue weighted by atomic mass is 16.7. The van der Waals surface area contributed by atoms with Crippen LogP contribution in [-0.4, -0.2) is 64.7 Å². The van der Waals surface area contributed by atoms with Crippen molar-refractivity contribution >= 4 is 19.0 Å². The first kappa shape index (κ1) is 19.4. The molecule has 0 spiro atoms. The summed E-state index contributed by atoms with van der Waals surface area (Å²) >= 11 is 0. The van der Waals surface area contributed by atoms with E-state index in [2.05, 4.69) is 24.3 Å². The van der Waals surface area contributed by atoms with E-state index in [9.17, 15) is 14.7 Å². The molecule has 0 aliphatic carbocycles. The highest BCUT2D eigenvalue weighted by Gasteiger charge is 2.11. The fraction of sp³-hybridized carbons (Fsp3) is 0.667. The molecular formula is C9H18N2O8. The number of methoxy groups -OCH3 is 2. The van der Waals surface area contributed by atoms with Crippen molar-refractivity contribution in [2.75, 3.05) is 34.4 Å². The second-order valence-electron chi connectivity index (χ2n) is 2.72. The summed E-state index contributed by atoms with van der Waals surface area (Å²) in [7, 11) is 2.70. The van der Waals surface area contributed by atoms with Gasteiger partial charge in [0.2, 0.25) is 0 Å². The average molecular weight is 282 g/mol. The number of carbonyl (C=O) groups excluding carboxylic acids is 3. The molecule has 1 unspecified atom stereocenters. The van der Waals surface area contributed by atoms with Crippen LogP contribution in [0.25, 0.3) is 0 Å². The highest BCUT2D eigenvalue weighted by molar-refractivity contribution is 5.68. The van der Waals surface area contributed by atoms with Crippen LogP contribution < -0.4 is 10.6 Å². The molecule has 3 N–H and O–H groups in total. The Labute approximate surface area is 109 Å². The van der Waals surface area contributed by atoms with Gasteiger partial charge in [-0.2, -0.15) is 0 Å². The second-order valence-corrected chi connectivity index (χ2v) is 2.72. The van der Waals surface area contributed by atoms with Crippen LogP contribution in [0.5, 0.6) is 0 Å². The monoisotopic (exact) mass is 282 g/mol. The molecule has 0 saturated carbocycles. The van der Waals surface area contributed by atoms with Crippen LogP contribution in [-0.2, 0) is 23.7 Å². The first-order valence-electron chi connectivity index (χ1n) is 4.89. The summed E-state index contributed by atoms with van der Waals surface area (Å²) in [6, 6.07) is 0. The predicted molar refractivity (Wildman–Crippen MR) is 61.0 cm³/mol. The Balaban J connectivity index is 0. The van der Waals surface area contributed by atoms with Gasteiger partial charge in [0.15, 0.2) is 13.6 Å². The van der Waals surface area contributed by atoms with Crippen molar-refractivity contribution in [2.24, 2.45) is 0 Å². The molecule has 0 radical (unpaired) electrons. The van der Waals surface area contributed by atoms with E-state index in [1.807, 2.05) is 12.1 Å². The third-order valence-electron chi connectivity index (χ3n) is 1.34. The fourth-order valence-corrected chi connectivity index (χ4v) is 0.685. The lowest BCUT2D eigenvalue weighted by atomic mass is 10.5. The van der Waals surface area contributed by atoms with Crippen molar-refractivity contribution in [1.82, 2.24) is 10.6 Å². The third-order valence-corrected chi connectivity index (χ3v) is 1.34. The number of ether oxygens (including phenoxy) is 4. The Morgan fingerprint density at radius 2 is 1.58 bits per heavy atom. The normalized spacial score (nSPS) is 10.5. The van der Waals surface area contributed by atoms with Gasteiger partial charge < -0.3 is 34.2 Å². The van der Waals surface area contributed by atoms with Crippen LogP contribution in [0, 0.1) is 0 Å². The lowest BCUT2D eigenvalue weighted by molar-refractivity contribution is -0.0980. The summed E-state index contributed by atoms with van der Waals surface area (Å²) in [4.78, 5) is 29.8. The fourth-order valence-electron chi connectivity index (χ4n) is 0.685. The van der Waals surface area contributed by atoms with Crippen molar-refractivity contribution in [2.45, 2.75) is 6.23 Å². The van der Waals surface area contributed by atoms with Crippen LogP contribution in [0.15, 0.2) is 0 Å². The Bertz CT molecular complexity index is 250. The van der Waals surface area contributed by atoms with E-state index in [4.69, 9.17) is 4.79 Å². The number of aliphatic hydroxyl groups excluding tert-OH is 1. The minimum absolute atomic E-state index is 0.203. The van der Waals surface area contributed by atoms with E-state index in [1.165, 1.54) is 14.2 Å². The molecular weight excluding hydrogens is 264 g/mol. The smallest absolute Gasteiger partial charge is 0.411 e. The molecule has 19 heavy (non-hydrogen) atoms. The van der Waals surface area contributed by atoms with Gasteiger partial charge in [0.25, 0.3) is 0 Å². The Kier molecular flexibility index (Phi) is 14.5. The quantitative estimate of drug-likeness (QED) is 0.495. The van der Waals surface area contributed by atoms with E-state index < -0.39 is 18.4 Å². The molecule has 0 aliphatic rings. The van der Waals surface area contributed by atoms with Crippen LogP contribution in [0.4, 0.5) is 9.59 Å². The van der Waals surface area contributed by atoms with Crippen LogP contribution in [0.3, 0.4) is 0 Å². The Morgan fingerprint density at radius 3 is 2.05 bits per heavy atom. The van der Waals surface area contributed by atoms with Gasteiger partial charge in [0.1, 0.15) is 13.0 Å². The zero-order valence-electron chi connectivity index (χ0n) is 10.7. The van der Waals surface area contributed by atoms with Crippen LogP contribution >= 0.6 is 0 Å². The summed E-state index contributed by atoms with van der Waals surface area (Å²) in [5.41, 5.74) is 0. The molecule has 0 fully saturated rings. The number of alkyl carbamates (subject to hydrolysis) is 2. The standard InChI is InChI=1S/C8H16N2O7.CH2O/c1-14-4-16-7(12)9-3-6(11)10-8(13)17-5-15-2;1-2/h6,11H,3-5H2,1-2H3,(H,9,12)(H,10,13);1H2. The molecule has 0 heterocycles. The van der Waals surface area contributed by atoms with Gasteiger partial charge >= 0.3 is 12.2 Å². The van der Waals surface area contributed by atoms with Crippen molar-refractivity contribution < 1.29 is 38.4 Å². The molecule has 0 aromatic heterocycles. The number of hydrogen-bond donors (Lipinski definition) is 3. The number of rotatable bonds is 7. The highest BCUT2D eigenvalue weighted by Crippen LogP contribution is 1.83. The van der Waals surface area contributed by atoms with Crippen LogP contribution in [0.2, 0.25) is 0 Å². The SMILES string of the molecule is C=O.COCOC(=O)NCC(O)NC(=O)OCOC. The largest absolute Gasteiger partial charge is 0.422 e. The zero-order chi connectivity index (χ0) is 15.1. The molecule has 2 amide bonds. The summed E-state index contributed by atoms with van der Waals surface area (Å²) < 4.78 is 17.8. The van der Waals surface area contributed by atoms with E-state index in [0.29, 0.717) is 0 Å². The number of hydrogen-bond acceptors (Lipinski definition) is 8. The van der Waals surface area contributed by atoms with Gasteiger partial charge in [-0.1, -0.05) is 0 Å². The third kappa shape index (κ3) is 14.0. The second kappa shape index (κ2) is 14.2. The Morgan fingerprint density at radius 1 is 1.11 bits per heavy atom. The molecule has 0 aliphatic heterocycles. The lowest BCUT2D eigenvalue weighted by Crippen LogP contribution is -2.44. The first-order valence-corrected chi connectivity index (χ1v) is 4.89. The number of amides is 2. The summed E-state index contributed by atoms with van der Waals surface area (Å²) in [5.74, 6) is 0. The summed E-state index contributed by atoms with van der Waals surface area (Å²) in [6.45, 7) is 1.33. The predicted octanol–water partition coefficient (Wildman–Crippen LogP) is -1.22. The average Bonchev–Trinajstić information content (AvgIpc) is 2.42. The maximum absolute atomic E-state index is 10.9. The van der Waals surface area contributed by atoms with Gasteiger partial charge in [-0.25, -0.2) is 9.59 Å². The Hall–Kier alpha value is -1.91. The molecule has 10 heteroatoms. The first-order chi connectivity index (χ1) is 9.10. The van der Waals surface area contributed by atoms with E-state index in [0.717, 1.165) is 0 Å². The van der Waals surface area contributed by atoms with Gasteiger partial charge in [0.05, 0.1) is 6.54 Å². The maximum atomic E-state index is 10.9. The summed E-state index contributed by atoms with van der Waals surface area (Å²) in [5, 5.41) is 13.5. The molecule has 0 saturated heterocycles. The van der Waals surface area contributed by atoms with Crippen LogP contribution in [0.1, 0.15) is 0 Å². The molecule has 112 valence electrons. The molecule has 1 atom stereocenters. The molecule has 0 bridgehead atoms. The number of nitrogens with one attached hydrogen (secondary N) is 2. The van der Waals surface area contributed by atoms with Crippen molar-refractivity contribution in [3.63, 3.8) is 0 Å². The van der Waals surface area contributed by atoms with Gasteiger partial charge in [-0.05, 0) is 0 Å². The lowest BCUT2D eigenvalue weighted by Gasteiger charge is -2.13. The molecule has 10 nitrogen and oxygen atoms in total. The van der Waals surface area contributed by atoms with Gasteiger partial charge in [-0.15, -0.1) is 0 Å². The van der Waals surface area contributed by atoms with Crippen molar-refractivity contribution in [3.05, 3.63) is 0 Å². The number of carbonyl (C=O) groups is 3. The minimum Gasteiger partial charge on any atom is -0.422 e. The topological polar surface area (TPSA) is 132 Å². The zero-order valence-corrected chi connectivity index (χ0v) is 10.7. The molecule has 0 rings (SSSR count). The number of aliphatic hydroxyl groups is 1. The van der Waals surface area contributed by atoms with E-state index in [-0.39, 0.29) is 20.1 Å². The van der Waals surface area contributed by atoms with Crippen molar-refractivity contribution in [3.8, 4) is 0 Å². The maximum Gasteiger partial charge on any atom is 0.411 e. The van der Waals surface area contributed by atoms with Gasteiger partial charge in [-0.3, -0.25) is 5.32 Å².